The van der Waals surface area contributed by atoms with Crippen LogP contribution in [0, 0.1) is 0 Å². The van der Waals surface area contributed by atoms with Crippen molar-refractivity contribution in [1.29, 1.82) is 0 Å². The van der Waals surface area contributed by atoms with Gasteiger partial charge in [0, 0.05) is 56.4 Å². The lowest BCUT2D eigenvalue weighted by Gasteiger charge is -2.32. The molecule has 1 amide bonds. The van der Waals surface area contributed by atoms with Gasteiger partial charge in [0.05, 0.1) is 6.54 Å². The Morgan fingerprint density at radius 1 is 0.931 bits per heavy atom. The molecule has 154 valence electrons. The summed E-state index contributed by atoms with van der Waals surface area (Å²) >= 11 is 0. The van der Waals surface area contributed by atoms with Crippen LogP contribution in [0.3, 0.4) is 0 Å². The highest BCUT2D eigenvalue weighted by Gasteiger charge is 2.29. The van der Waals surface area contributed by atoms with Gasteiger partial charge < -0.3 is 19.7 Å². The van der Waals surface area contributed by atoms with Crippen molar-refractivity contribution in [2.75, 3.05) is 37.6 Å². The Morgan fingerprint density at radius 3 is 2.45 bits per heavy atom. The predicted octanol–water partition coefficient (Wildman–Crippen LogP) is 2.39. The molecule has 3 aliphatic rings. The second-order valence-electron chi connectivity index (χ2n) is 8.46. The number of benzene rings is 1. The number of amides is 1. The molecule has 1 N–H and O–H groups in total. The molecule has 3 aliphatic heterocycles. The smallest absolute Gasteiger partial charge is 0.253 e. The number of likely N-dealkylation sites (tertiary alicyclic amines) is 1. The van der Waals surface area contributed by atoms with Crippen LogP contribution in [0.1, 0.15) is 60.0 Å². The zero-order valence-corrected chi connectivity index (χ0v) is 17.0. The van der Waals surface area contributed by atoms with Gasteiger partial charge in [-0.3, -0.25) is 4.79 Å². The monoisotopic (exact) mass is 394 g/mol. The average molecular weight is 395 g/mol. The molecule has 0 spiro atoms. The van der Waals surface area contributed by atoms with Crippen LogP contribution >= 0.6 is 0 Å². The van der Waals surface area contributed by atoms with E-state index in [-0.39, 0.29) is 5.91 Å². The summed E-state index contributed by atoms with van der Waals surface area (Å²) in [6, 6.07) is 8.23. The van der Waals surface area contributed by atoms with Crippen molar-refractivity contribution in [2.24, 2.45) is 0 Å². The molecule has 5 rings (SSSR count). The highest BCUT2D eigenvalue weighted by atomic mass is 16.2. The molecular formula is C22H30N6O. The SMILES string of the molecule is O=C(c1ccc(N2CCCCC2)cc1)N1CCC(c2nnc3n2CCNC3)CC1. The molecule has 4 heterocycles. The van der Waals surface area contributed by atoms with E-state index >= 15 is 0 Å². The van der Waals surface area contributed by atoms with Crippen molar-refractivity contribution in [3.05, 3.63) is 41.5 Å². The third-order valence-corrected chi connectivity index (χ3v) is 6.63. The van der Waals surface area contributed by atoms with Crippen LogP contribution in [0.4, 0.5) is 5.69 Å². The third kappa shape index (κ3) is 3.75. The fourth-order valence-corrected chi connectivity index (χ4v) is 4.91. The fourth-order valence-electron chi connectivity index (χ4n) is 4.91. The van der Waals surface area contributed by atoms with Crippen LogP contribution in [0.5, 0.6) is 0 Å². The van der Waals surface area contributed by atoms with Crippen LogP contribution in [0.15, 0.2) is 24.3 Å². The molecule has 0 aliphatic carbocycles. The lowest BCUT2D eigenvalue weighted by atomic mass is 9.95. The summed E-state index contributed by atoms with van der Waals surface area (Å²) in [6.07, 6.45) is 5.78. The van der Waals surface area contributed by atoms with Crippen molar-refractivity contribution in [3.8, 4) is 0 Å². The molecule has 0 unspecified atom stereocenters. The number of hydrogen-bond donors (Lipinski definition) is 1. The first kappa shape index (κ1) is 18.6. The fraction of sp³-hybridized carbons (Fsp3) is 0.591. The van der Waals surface area contributed by atoms with Gasteiger partial charge in [0.25, 0.3) is 5.91 Å². The lowest BCUT2D eigenvalue weighted by Crippen LogP contribution is -2.39. The number of piperidine rings is 2. The molecule has 0 bridgehead atoms. The molecule has 0 saturated carbocycles. The third-order valence-electron chi connectivity index (χ3n) is 6.63. The quantitative estimate of drug-likeness (QED) is 0.866. The van der Waals surface area contributed by atoms with E-state index in [2.05, 4.69) is 37.1 Å². The number of carbonyl (C=O) groups excluding carboxylic acids is 1. The topological polar surface area (TPSA) is 66.3 Å². The van der Waals surface area contributed by atoms with Crippen molar-refractivity contribution in [2.45, 2.75) is 51.1 Å². The van der Waals surface area contributed by atoms with Crippen LogP contribution in [0.25, 0.3) is 0 Å². The maximum Gasteiger partial charge on any atom is 0.253 e. The molecule has 2 fully saturated rings. The summed E-state index contributed by atoms with van der Waals surface area (Å²) in [5.74, 6) is 2.71. The molecule has 0 radical (unpaired) electrons. The minimum atomic E-state index is 0.154. The van der Waals surface area contributed by atoms with E-state index in [1.165, 1.54) is 24.9 Å². The highest BCUT2D eigenvalue weighted by molar-refractivity contribution is 5.94. The number of aromatic nitrogens is 3. The number of fused-ring (bicyclic) bond motifs is 1. The first-order chi connectivity index (χ1) is 14.3. The van der Waals surface area contributed by atoms with Gasteiger partial charge >= 0.3 is 0 Å². The van der Waals surface area contributed by atoms with Crippen molar-refractivity contribution in [3.63, 3.8) is 0 Å². The average Bonchev–Trinajstić information content (AvgIpc) is 3.24. The van der Waals surface area contributed by atoms with E-state index in [9.17, 15) is 4.79 Å². The predicted molar refractivity (Wildman–Crippen MR) is 112 cm³/mol. The Morgan fingerprint density at radius 2 is 1.69 bits per heavy atom. The molecule has 7 heteroatoms. The van der Waals surface area contributed by atoms with Gasteiger partial charge in [0.15, 0.2) is 0 Å². The molecule has 0 atom stereocenters. The molecule has 1 aromatic carbocycles. The number of nitrogens with one attached hydrogen (secondary N) is 1. The number of hydrogen-bond acceptors (Lipinski definition) is 5. The Bertz CT molecular complexity index is 847. The van der Waals surface area contributed by atoms with Crippen LogP contribution in [-0.4, -0.2) is 58.3 Å². The van der Waals surface area contributed by atoms with E-state index < -0.39 is 0 Å². The second-order valence-corrected chi connectivity index (χ2v) is 8.46. The summed E-state index contributed by atoms with van der Waals surface area (Å²) in [6.45, 7) is 6.56. The van der Waals surface area contributed by atoms with Gasteiger partial charge in [-0.05, 0) is 56.4 Å². The number of anilines is 1. The first-order valence-corrected chi connectivity index (χ1v) is 11.1. The Kier molecular flexibility index (Phi) is 5.23. The normalized spacial score (nSPS) is 20.6. The van der Waals surface area contributed by atoms with Crippen molar-refractivity contribution in [1.82, 2.24) is 25.0 Å². The molecular weight excluding hydrogens is 364 g/mol. The van der Waals surface area contributed by atoms with Gasteiger partial charge in [-0.2, -0.15) is 0 Å². The largest absolute Gasteiger partial charge is 0.372 e. The van der Waals surface area contributed by atoms with Crippen LogP contribution in [0.2, 0.25) is 0 Å². The molecule has 1 aromatic heterocycles. The summed E-state index contributed by atoms with van der Waals surface area (Å²) in [5.41, 5.74) is 2.04. The minimum Gasteiger partial charge on any atom is -0.372 e. The zero-order valence-electron chi connectivity index (χ0n) is 17.0. The summed E-state index contributed by atoms with van der Waals surface area (Å²) in [5, 5.41) is 12.2. The van der Waals surface area contributed by atoms with E-state index in [1.807, 2.05) is 17.0 Å². The van der Waals surface area contributed by atoms with E-state index in [0.29, 0.717) is 5.92 Å². The first-order valence-electron chi connectivity index (χ1n) is 11.1. The van der Waals surface area contributed by atoms with Gasteiger partial charge in [0.1, 0.15) is 11.6 Å². The number of nitrogens with zero attached hydrogens (tertiary/aromatic N) is 5. The van der Waals surface area contributed by atoms with Crippen LogP contribution in [-0.2, 0) is 13.1 Å². The van der Waals surface area contributed by atoms with Gasteiger partial charge in [-0.15, -0.1) is 10.2 Å². The maximum atomic E-state index is 13.0. The van der Waals surface area contributed by atoms with E-state index in [1.54, 1.807) is 0 Å². The van der Waals surface area contributed by atoms with Crippen LogP contribution < -0.4 is 10.2 Å². The Labute approximate surface area is 172 Å². The van der Waals surface area contributed by atoms with E-state index in [4.69, 9.17) is 0 Å². The molecule has 2 aromatic rings. The molecule has 29 heavy (non-hydrogen) atoms. The maximum absolute atomic E-state index is 13.0. The minimum absolute atomic E-state index is 0.154. The number of rotatable bonds is 3. The summed E-state index contributed by atoms with van der Waals surface area (Å²) < 4.78 is 2.28. The van der Waals surface area contributed by atoms with Crippen molar-refractivity contribution < 1.29 is 4.79 Å². The number of carbonyl (C=O) groups is 1. The molecule has 7 nitrogen and oxygen atoms in total. The van der Waals surface area contributed by atoms with E-state index in [0.717, 1.165) is 75.9 Å². The summed E-state index contributed by atoms with van der Waals surface area (Å²) in [4.78, 5) is 17.4. The van der Waals surface area contributed by atoms with Gasteiger partial charge in [-0.1, -0.05) is 0 Å². The Balaban J connectivity index is 1.20. The van der Waals surface area contributed by atoms with Gasteiger partial charge in [0.2, 0.25) is 0 Å². The van der Waals surface area contributed by atoms with Gasteiger partial charge in [-0.25, -0.2) is 0 Å². The standard InChI is InChI=1S/C22H30N6O/c29-22(18-4-6-19(7-5-18)26-11-2-1-3-12-26)27-13-8-17(9-14-27)21-25-24-20-16-23-10-15-28(20)21/h4-7,17,23H,1-3,8-16H2. The second kappa shape index (κ2) is 8.14. The molecule has 2 saturated heterocycles. The zero-order chi connectivity index (χ0) is 19.6. The summed E-state index contributed by atoms with van der Waals surface area (Å²) in [7, 11) is 0. The highest BCUT2D eigenvalue weighted by Crippen LogP contribution is 2.29. The Hall–Kier alpha value is -2.41. The lowest BCUT2D eigenvalue weighted by molar-refractivity contribution is 0.0710. The van der Waals surface area contributed by atoms with Crippen molar-refractivity contribution >= 4 is 11.6 Å².